The summed E-state index contributed by atoms with van der Waals surface area (Å²) < 4.78 is 10.6. The van der Waals surface area contributed by atoms with Crippen LogP contribution in [0.25, 0.3) is 0 Å². The lowest BCUT2D eigenvalue weighted by atomic mass is 10.1. The zero-order chi connectivity index (χ0) is 11.5. The van der Waals surface area contributed by atoms with E-state index in [2.05, 4.69) is 28.9 Å². The maximum absolute atomic E-state index is 5.66. The third kappa shape index (κ3) is 2.41. The Hall–Kier alpha value is -1.36. The molecule has 1 aliphatic heterocycles. The lowest BCUT2D eigenvalue weighted by Gasteiger charge is -2.41. The molecule has 2 rings (SSSR count). The molecule has 0 radical (unpaired) electrons. The first-order chi connectivity index (χ1) is 7.69. The second-order valence-electron chi connectivity index (χ2n) is 4.20. The predicted molar refractivity (Wildman–Crippen MR) is 59.7 cm³/mol. The van der Waals surface area contributed by atoms with Crippen LogP contribution < -0.4 is 9.47 Å². The molecule has 0 N–H and O–H groups in total. The molecule has 1 fully saturated rings. The molecule has 0 atom stereocenters. The first-order valence-electron chi connectivity index (χ1n) is 5.47. The average molecular weight is 223 g/mol. The third-order valence-corrected chi connectivity index (χ3v) is 2.72. The average Bonchev–Trinajstić information content (AvgIpc) is 2.23. The quantitative estimate of drug-likeness (QED) is 0.760. The minimum absolute atomic E-state index is 0.241. The largest absolute Gasteiger partial charge is 0.480 e. The van der Waals surface area contributed by atoms with Crippen molar-refractivity contribution in [3.63, 3.8) is 0 Å². The van der Waals surface area contributed by atoms with Gasteiger partial charge in [0, 0.05) is 31.3 Å². The fraction of sp³-hybridized carbons (Fsp3) is 0.636. The van der Waals surface area contributed by atoms with E-state index in [1.165, 1.54) is 0 Å². The molecule has 88 valence electrons. The summed E-state index contributed by atoms with van der Waals surface area (Å²) in [6.45, 7) is 6.30. The van der Waals surface area contributed by atoms with Crippen LogP contribution in [-0.2, 0) is 0 Å². The van der Waals surface area contributed by atoms with E-state index in [-0.39, 0.29) is 6.10 Å². The van der Waals surface area contributed by atoms with E-state index in [1.807, 2.05) is 0 Å². The highest BCUT2D eigenvalue weighted by molar-refractivity contribution is 5.15. The maximum atomic E-state index is 5.66. The van der Waals surface area contributed by atoms with Gasteiger partial charge in [0.25, 0.3) is 0 Å². The van der Waals surface area contributed by atoms with Gasteiger partial charge in [0.15, 0.2) is 0 Å². The Balaban J connectivity index is 1.82. The highest BCUT2D eigenvalue weighted by Gasteiger charge is 2.30. The summed E-state index contributed by atoms with van der Waals surface area (Å²) in [5, 5.41) is 7.78. The van der Waals surface area contributed by atoms with Gasteiger partial charge in [-0.25, -0.2) is 0 Å². The van der Waals surface area contributed by atoms with Crippen LogP contribution in [-0.4, -0.2) is 47.4 Å². The van der Waals surface area contributed by atoms with Crippen molar-refractivity contribution >= 4 is 0 Å². The molecule has 16 heavy (non-hydrogen) atoms. The van der Waals surface area contributed by atoms with E-state index in [0.29, 0.717) is 17.8 Å². The normalized spacial score (nSPS) is 17.2. The van der Waals surface area contributed by atoms with Crippen molar-refractivity contribution in [1.29, 1.82) is 0 Å². The summed E-state index contributed by atoms with van der Waals surface area (Å²) in [5.41, 5.74) is 0. The molecule has 1 saturated heterocycles. The number of methoxy groups -OCH3 is 1. The molecule has 0 aromatic carbocycles. The first kappa shape index (κ1) is 11.1. The van der Waals surface area contributed by atoms with E-state index in [4.69, 9.17) is 9.47 Å². The monoisotopic (exact) mass is 223 g/mol. The van der Waals surface area contributed by atoms with Gasteiger partial charge in [0.2, 0.25) is 11.8 Å². The molecule has 5 nitrogen and oxygen atoms in total. The number of nitrogens with zero attached hydrogens (tertiary/aromatic N) is 3. The number of ether oxygens (including phenoxy) is 2. The lowest BCUT2D eigenvalue weighted by Crippen LogP contribution is -2.56. The summed E-state index contributed by atoms with van der Waals surface area (Å²) in [6.07, 6.45) is 0.241. The van der Waals surface area contributed by atoms with Gasteiger partial charge in [0.1, 0.15) is 6.10 Å². The smallest absolute Gasteiger partial charge is 0.234 e. The molecular formula is C11H17N3O2. The molecule has 0 amide bonds. The second-order valence-corrected chi connectivity index (χ2v) is 4.20. The molecule has 2 heterocycles. The van der Waals surface area contributed by atoms with Crippen LogP contribution in [0, 0.1) is 0 Å². The van der Waals surface area contributed by atoms with Gasteiger partial charge in [-0.1, -0.05) is 0 Å². The SMILES string of the molecule is COc1ccc(OC2CN(C(C)C)C2)nn1. The minimum atomic E-state index is 0.241. The molecule has 1 aromatic heterocycles. The zero-order valence-corrected chi connectivity index (χ0v) is 9.88. The van der Waals surface area contributed by atoms with Gasteiger partial charge in [-0.15, -0.1) is 10.2 Å². The molecule has 0 saturated carbocycles. The summed E-state index contributed by atoms with van der Waals surface area (Å²) in [4.78, 5) is 2.35. The molecule has 5 heteroatoms. The van der Waals surface area contributed by atoms with E-state index in [9.17, 15) is 0 Å². The van der Waals surface area contributed by atoms with Crippen molar-refractivity contribution in [1.82, 2.24) is 15.1 Å². The summed E-state index contributed by atoms with van der Waals surface area (Å²) >= 11 is 0. The standard InChI is InChI=1S/C11H17N3O2/c1-8(2)14-6-9(7-14)16-11-5-4-10(15-3)12-13-11/h4-5,8-9H,6-7H2,1-3H3. The van der Waals surface area contributed by atoms with Gasteiger partial charge in [-0.3, -0.25) is 4.90 Å². The zero-order valence-electron chi connectivity index (χ0n) is 9.88. The van der Waals surface area contributed by atoms with Crippen LogP contribution >= 0.6 is 0 Å². The van der Waals surface area contributed by atoms with Crippen molar-refractivity contribution in [2.75, 3.05) is 20.2 Å². The number of rotatable bonds is 4. The number of aromatic nitrogens is 2. The Labute approximate surface area is 95.4 Å². The van der Waals surface area contributed by atoms with Gasteiger partial charge < -0.3 is 9.47 Å². The molecule has 0 aliphatic carbocycles. The topological polar surface area (TPSA) is 47.5 Å². The molecule has 1 aliphatic rings. The van der Waals surface area contributed by atoms with Crippen molar-refractivity contribution in [2.45, 2.75) is 26.0 Å². The van der Waals surface area contributed by atoms with Crippen LogP contribution in [0.2, 0.25) is 0 Å². The van der Waals surface area contributed by atoms with Crippen LogP contribution in [0.3, 0.4) is 0 Å². The molecule has 1 aromatic rings. The van der Waals surface area contributed by atoms with E-state index in [0.717, 1.165) is 13.1 Å². The Morgan fingerprint density at radius 2 is 1.88 bits per heavy atom. The lowest BCUT2D eigenvalue weighted by molar-refractivity contribution is -0.00285. The van der Waals surface area contributed by atoms with Crippen molar-refractivity contribution < 1.29 is 9.47 Å². The summed E-state index contributed by atoms with van der Waals surface area (Å²) in [7, 11) is 1.57. The number of hydrogen-bond acceptors (Lipinski definition) is 5. The minimum Gasteiger partial charge on any atom is -0.480 e. The molecular weight excluding hydrogens is 206 g/mol. The van der Waals surface area contributed by atoms with Gasteiger partial charge >= 0.3 is 0 Å². The van der Waals surface area contributed by atoms with Crippen LogP contribution in [0.15, 0.2) is 12.1 Å². The van der Waals surface area contributed by atoms with E-state index < -0.39 is 0 Å². The first-order valence-corrected chi connectivity index (χ1v) is 5.47. The van der Waals surface area contributed by atoms with Crippen molar-refractivity contribution in [3.05, 3.63) is 12.1 Å². The Morgan fingerprint density at radius 3 is 2.38 bits per heavy atom. The van der Waals surface area contributed by atoms with Gasteiger partial charge in [0.05, 0.1) is 7.11 Å². The second kappa shape index (κ2) is 4.65. The Morgan fingerprint density at radius 1 is 1.25 bits per heavy atom. The highest BCUT2D eigenvalue weighted by atomic mass is 16.5. The highest BCUT2D eigenvalue weighted by Crippen LogP contribution is 2.18. The molecule has 0 bridgehead atoms. The van der Waals surface area contributed by atoms with Gasteiger partial charge in [-0.05, 0) is 13.8 Å². The van der Waals surface area contributed by atoms with E-state index >= 15 is 0 Å². The number of likely N-dealkylation sites (tertiary alicyclic amines) is 1. The summed E-state index contributed by atoms with van der Waals surface area (Å²) in [6, 6.07) is 4.12. The van der Waals surface area contributed by atoms with Crippen LogP contribution in [0.1, 0.15) is 13.8 Å². The maximum Gasteiger partial charge on any atom is 0.234 e. The predicted octanol–water partition coefficient (Wildman–Crippen LogP) is 0.957. The fourth-order valence-electron chi connectivity index (χ4n) is 1.62. The van der Waals surface area contributed by atoms with Crippen molar-refractivity contribution in [3.8, 4) is 11.8 Å². The summed E-state index contributed by atoms with van der Waals surface area (Å²) in [5.74, 6) is 1.07. The fourth-order valence-corrected chi connectivity index (χ4v) is 1.62. The molecule has 0 unspecified atom stereocenters. The molecule has 0 spiro atoms. The Bertz CT molecular complexity index is 334. The van der Waals surface area contributed by atoms with Gasteiger partial charge in [-0.2, -0.15) is 0 Å². The van der Waals surface area contributed by atoms with Crippen LogP contribution in [0.4, 0.5) is 0 Å². The van der Waals surface area contributed by atoms with Crippen molar-refractivity contribution in [2.24, 2.45) is 0 Å². The Kier molecular flexibility index (Phi) is 3.24. The van der Waals surface area contributed by atoms with E-state index in [1.54, 1.807) is 19.2 Å². The third-order valence-electron chi connectivity index (χ3n) is 2.72. The number of hydrogen-bond donors (Lipinski definition) is 0. The van der Waals surface area contributed by atoms with Crippen LogP contribution in [0.5, 0.6) is 11.8 Å².